The third kappa shape index (κ3) is 4.03. The number of ether oxygens (including phenoxy) is 1. The van der Waals surface area contributed by atoms with Crippen molar-refractivity contribution in [3.05, 3.63) is 64.9 Å². The van der Waals surface area contributed by atoms with Crippen LogP contribution in [0.25, 0.3) is 11.0 Å². The highest BCUT2D eigenvalue weighted by Crippen LogP contribution is 2.26. The molecule has 1 fully saturated rings. The summed E-state index contributed by atoms with van der Waals surface area (Å²) in [7, 11) is 0. The first-order valence-corrected chi connectivity index (χ1v) is 9.76. The number of anilines is 1. The summed E-state index contributed by atoms with van der Waals surface area (Å²) in [6.45, 7) is 6.26. The summed E-state index contributed by atoms with van der Waals surface area (Å²) in [6.07, 6.45) is 1.81. The van der Waals surface area contributed by atoms with Crippen LogP contribution in [0, 0.1) is 13.8 Å². The minimum Gasteiger partial charge on any atom is -0.464 e. The van der Waals surface area contributed by atoms with E-state index in [0.717, 1.165) is 27.7 Å². The van der Waals surface area contributed by atoms with Gasteiger partial charge < -0.3 is 19.4 Å². The molecule has 0 radical (unpaired) electrons. The van der Waals surface area contributed by atoms with E-state index in [1.807, 2.05) is 32.0 Å². The van der Waals surface area contributed by atoms with Gasteiger partial charge in [-0.3, -0.25) is 9.59 Å². The van der Waals surface area contributed by atoms with E-state index < -0.39 is 0 Å². The fourth-order valence-corrected chi connectivity index (χ4v) is 3.56. The van der Waals surface area contributed by atoms with Crippen LogP contribution in [0.2, 0.25) is 0 Å². The molecule has 150 valence electrons. The highest BCUT2D eigenvalue weighted by Gasteiger charge is 2.22. The molecule has 2 aromatic carbocycles. The van der Waals surface area contributed by atoms with Crippen molar-refractivity contribution >= 4 is 28.5 Å². The first-order chi connectivity index (χ1) is 14.0. The van der Waals surface area contributed by atoms with E-state index in [9.17, 15) is 9.59 Å². The van der Waals surface area contributed by atoms with Crippen molar-refractivity contribution in [3.63, 3.8) is 0 Å². The second-order valence-electron chi connectivity index (χ2n) is 7.37. The SMILES string of the molecule is Cc1cc2occ(CC(=O)Nc3ccccc3C(=O)N3CCOCC3)c2cc1C. The van der Waals surface area contributed by atoms with E-state index in [-0.39, 0.29) is 18.2 Å². The molecule has 1 aliphatic heterocycles. The first kappa shape index (κ1) is 19.2. The zero-order valence-electron chi connectivity index (χ0n) is 16.7. The summed E-state index contributed by atoms with van der Waals surface area (Å²) < 4.78 is 10.9. The topological polar surface area (TPSA) is 71.8 Å². The van der Waals surface area contributed by atoms with E-state index in [4.69, 9.17) is 9.15 Å². The second-order valence-corrected chi connectivity index (χ2v) is 7.37. The van der Waals surface area contributed by atoms with Crippen LogP contribution in [0.4, 0.5) is 5.69 Å². The highest BCUT2D eigenvalue weighted by molar-refractivity contribution is 6.04. The number of rotatable bonds is 4. The summed E-state index contributed by atoms with van der Waals surface area (Å²) in [4.78, 5) is 27.3. The number of carbonyl (C=O) groups is 2. The van der Waals surface area contributed by atoms with Crippen molar-refractivity contribution in [1.82, 2.24) is 4.90 Å². The highest BCUT2D eigenvalue weighted by atomic mass is 16.5. The molecule has 4 rings (SSSR count). The van der Waals surface area contributed by atoms with Gasteiger partial charge in [-0.05, 0) is 49.2 Å². The normalized spacial score (nSPS) is 14.2. The maximum absolute atomic E-state index is 12.9. The number of morpholine rings is 1. The number of amides is 2. The van der Waals surface area contributed by atoms with Crippen LogP contribution in [0.15, 0.2) is 47.1 Å². The Morgan fingerprint density at radius 1 is 1.07 bits per heavy atom. The van der Waals surface area contributed by atoms with Crippen molar-refractivity contribution in [1.29, 1.82) is 0 Å². The lowest BCUT2D eigenvalue weighted by atomic mass is 10.0. The predicted molar refractivity (Wildman–Crippen MR) is 111 cm³/mol. The maximum atomic E-state index is 12.9. The molecule has 2 amide bonds. The summed E-state index contributed by atoms with van der Waals surface area (Å²) in [5, 5.41) is 3.85. The Morgan fingerprint density at radius 2 is 1.79 bits per heavy atom. The third-order valence-electron chi connectivity index (χ3n) is 5.35. The number of hydrogen-bond donors (Lipinski definition) is 1. The molecule has 0 aliphatic carbocycles. The zero-order chi connectivity index (χ0) is 20.4. The Balaban J connectivity index is 1.52. The Morgan fingerprint density at radius 3 is 2.59 bits per heavy atom. The molecule has 1 aromatic heterocycles. The standard InChI is InChI=1S/C23H24N2O4/c1-15-11-19-17(14-29-21(19)12-16(15)2)13-22(26)24-20-6-4-3-5-18(20)23(27)25-7-9-28-10-8-25/h3-6,11-12,14H,7-10,13H2,1-2H3,(H,24,26). The summed E-state index contributed by atoms with van der Waals surface area (Å²) in [6, 6.07) is 11.2. The van der Waals surface area contributed by atoms with Crippen LogP contribution in [0.3, 0.4) is 0 Å². The van der Waals surface area contributed by atoms with Crippen molar-refractivity contribution in [2.75, 3.05) is 31.6 Å². The number of hydrogen-bond acceptors (Lipinski definition) is 4. The number of carbonyl (C=O) groups excluding carboxylic acids is 2. The lowest BCUT2D eigenvalue weighted by Gasteiger charge is -2.27. The molecule has 1 N–H and O–H groups in total. The Labute approximate surface area is 169 Å². The van der Waals surface area contributed by atoms with Gasteiger partial charge in [0.05, 0.1) is 37.1 Å². The number of benzene rings is 2. The number of nitrogens with one attached hydrogen (secondary N) is 1. The molecule has 1 saturated heterocycles. The summed E-state index contributed by atoms with van der Waals surface area (Å²) in [5.41, 5.74) is 4.93. The lowest BCUT2D eigenvalue weighted by molar-refractivity contribution is -0.115. The Bertz CT molecular complexity index is 1060. The fourth-order valence-electron chi connectivity index (χ4n) is 3.56. The largest absolute Gasteiger partial charge is 0.464 e. The van der Waals surface area contributed by atoms with Crippen LogP contribution in [0.5, 0.6) is 0 Å². The van der Waals surface area contributed by atoms with Gasteiger partial charge in [-0.2, -0.15) is 0 Å². The molecule has 0 bridgehead atoms. The van der Waals surface area contributed by atoms with Gasteiger partial charge >= 0.3 is 0 Å². The molecule has 6 heteroatoms. The molecule has 0 spiro atoms. The van der Waals surface area contributed by atoms with Crippen molar-refractivity contribution < 1.29 is 18.7 Å². The predicted octanol–water partition coefficient (Wildman–Crippen LogP) is 3.70. The second kappa shape index (κ2) is 8.09. The van der Waals surface area contributed by atoms with Gasteiger partial charge in [0.2, 0.25) is 5.91 Å². The Hall–Kier alpha value is -3.12. The third-order valence-corrected chi connectivity index (χ3v) is 5.35. The molecule has 29 heavy (non-hydrogen) atoms. The molecule has 2 heterocycles. The van der Waals surface area contributed by atoms with Gasteiger partial charge in [-0.25, -0.2) is 0 Å². The average molecular weight is 392 g/mol. The van der Waals surface area contributed by atoms with Gasteiger partial charge in [-0.15, -0.1) is 0 Å². The van der Waals surface area contributed by atoms with Crippen molar-refractivity contribution in [3.8, 4) is 0 Å². The van der Waals surface area contributed by atoms with Crippen LogP contribution in [-0.4, -0.2) is 43.0 Å². The minimum absolute atomic E-state index is 0.0935. The molecular formula is C23H24N2O4. The summed E-state index contributed by atoms with van der Waals surface area (Å²) in [5.74, 6) is -0.280. The molecule has 0 unspecified atom stereocenters. The number of nitrogens with zero attached hydrogens (tertiary/aromatic N) is 1. The zero-order valence-corrected chi connectivity index (χ0v) is 16.7. The van der Waals surface area contributed by atoms with Gasteiger partial charge in [-0.1, -0.05) is 12.1 Å². The fraction of sp³-hybridized carbons (Fsp3) is 0.304. The van der Waals surface area contributed by atoms with Gasteiger partial charge in [0.1, 0.15) is 5.58 Å². The molecule has 1 aliphatic rings. The average Bonchev–Trinajstić information content (AvgIpc) is 3.10. The monoisotopic (exact) mass is 392 g/mol. The van der Waals surface area contributed by atoms with Crippen molar-refractivity contribution in [2.45, 2.75) is 20.3 Å². The molecular weight excluding hydrogens is 368 g/mol. The smallest absolute Gasteiger partial charge is 0.256 e. The van der Waals surface area contributed by atoms with E-state index in [1.165, 1.54) is 0 Å². The Kier molecular flexibility index (Phi) is 5.36. The molecule has 3 aromatic rings. The van der Waals surface area contributed by atoms with E-state index in [0.29, 0.717) is 37.6 Å². The first-order valence-electron chi connectivity index (χ1n) is 9.76. The number of fused-ring (bicyclic) bond motifs is 1. The number of aryl methyl sites for hydroxylation is 2. The number of para-hydroxylation sites is 1. The van der Waals surface area contributed by atoms with E-state index in [2.05, 4.69) is 5.32 Å². The van der Waals surface area contributed by atoms with Crippen LogP contribution in [-0.2, 0) is 16.0 Å². The minimum atomic E-state index is -0.187. The van der Waals surface area contributed by atoms with Crippen LogP contribution < -0.4 is 5.32 Å². The molecule has 0 saturated carbocycles. The summed E-state index contributed by atoms with van der Waals surface area (Å²) >= 11 is 0. The van der Waals surface area contributed by atoms with Crippen molar-refractivity contribution in [2.24, 2.45) is 0 Å². The lowest BCUT2D eigenvalue weighted by Crippen LogP contribution is -2.41. The van der Waals surface area contributed by atoms with Crippen LogP contribution in [0.1, 0.15) is 27.0 Å². The van der Waals surface area contributed by atoms with Gasteiger partial charge in [0.15, 0.2) is 0 Å². The molecule has 6 nitrogen and oxygen atoms in total. The van der Waals surface area contributed by atoms with Crippen LogP contribution >= 0.6 is 0 Å². The van der Waals surface area contributed by atoms with Gasteiger partial charge in [0.25, 0.3) is 5.91 Å². The van der Waals surface area contributed by atoms with E-state index >= 15 is 0 Å². The quantitative estimate of drug-likeness (QED) is 0.735. The maximum Gasteiger partial charge on any atom is 0.256 e. The number of furan rings is 1. The molecule has 0 atom stereocenters. The van der Waals surface area contributed by atoms with Gasteiger partial charge in [0, 0.05) is 24.0 Å². The van der Waals surface area contributed by atoms with E-state index in [1.54, 1.807) is 29.4 Å².